The van der Waals surface area contributed by atoms with Crippen LogP contribution in [-0.4, -0.2) is 91.2 Å². The van der Waals surface area contributed by atoms with Gasteiger partial charge in [-0.3, -0.25) is 14.5 Å². The van der Waals surface area contributed by atoms with Gasteiger partial charge in [0.2, 0.25) is 11.9 Å². The maximum absolute atomic E-state index is 13.9. The van der Waals surface area contributed by atoms with Crippen LogP contribution in [0.25, 0.3) is 0 Å². The van der Waals surface area contributed by atoms with Crippen molar-refractivity contribution in [2.24, 2.45) is 4.99 Å². The van der Waals surface area contributed by atoms with E-state index < -0.39 is 29.5 Å². The van der Waals surface area contributed by atoms with Gasteiger partial charge in [-0.25, -0.2) is 0 Å². The second-order valence-electron chi connectivity index (χ2n) is 11.2. The number of amides is 2. The van der Waals surface area contributed by atoms with E-state index in [1.165, 1.54) is 11.9 Å². The number of carbonyl (C=O) groups excluding carboxylic acids is 2. The number of rotatable bonds is 7. The molecule has 2 amide bonds. The lowest BCUT2D eigenvalue weighted by Crippen LogP contribution is -2.55. The fourth-order valence-electron chi connectivity index (χ4n) is 5.29. The number of piperazine rings is 1. The molecule has 1 aliphatic rings. The summed E-state index contributed by atoms with van der Waals surface area (Å²) in [5.74, 6) is -0.246. The molecule has 3 aromatic rings. The molecular formula is C33H35F6N5O2. The van der Waals surface area contributed by atoms with Crippen molar-refractivity contribution in [3.63, 3.8) is 0 Å². The molecule has 1 aliphatic heterocycles. The van der Waals surface area contributed by atoms with Crippen molar-refractivity contribution < 1.29 is 35.9 Å². The summed E-state index contributed by atoms with van der Waals surface area (Å²) < 4.78 is 80.1. The second-order valence-corrected chi connectivity index (χ2v) is 11.2. The molecule has 0 aromatic heterocycles. The number of alkyl halides is 6. The maximum atomic E-state index is 13.9. The Hall–Kier alpha value is -4.39. The molecule has 0 saturated carbocycles. The van der Waals surface area contributed by atoms with Gasteiger partial charge in [0.15, 0.2) is 0 Å². The monoisotopic (exact) mass is 647 g/mol. The average molecular weight is 648 g/mol. The Balaban J connectivity index is 1.50. The smallest absolute Gasteiger partial charge is 0.349 e. The minimum Gasteiger partial charge on any atom is -0.349 e. The highest BCUT2D eigenvalue weighted by Crippen LogP contribution is 2.36. The third-order valence-corrected chi connectivity index (χ3v) is 7.69. The SMILES string of the molecule is CN(C)C(=NC(=O)c1ccccc1)N1CCN(C(C(=O)N(C)CCc2cc(C(F)(F)F)cc(C(F)(F)F)c2)c2ccccc2)CC1. The lowest BCUT2D eigenvalue weighted by Gasteiger charge is -2.41. The predicted octanol–water partition coefficient (Wildman–Crippen LogP) is 5.84. The van der Waals surface area contributed by atoms with Gasteiger partial charge in [-0.1, -0.05) is 48.5 Å². The number of hydrogen-bond donors (Lipinski definition) is 0. The normalized spacial score (nSPS) is 15.4. The predicted molar refractivity (Wildman–Crippen MR) is 162 cm³/mol. The van der Waals surface area contributed by atoms with E-state index in [1.807, 2.05) is 21.9 Å². The maximum Gasteiger partial charge on any atom is 0.416 e. The lowest BCUT2D eigenvalue weighted by atomic mass is 10.0. The van der Waals surface area contributed by atoms with E-state index in [1.54, 1.807) is 67.5 Å². The highest BCUT2D eigenvalue weighted by atomic mass is 19.4. The van der Waals surface area contributed by atoms with Gasteiger partial charge in [0.25, 0.3) is 5.91 Å². The molecule has 246 valence electrons. The summed E-state index contributed by atoms with van der Waals surface area (Å²) in [7, 11) is 5.06. The van der Waals surface area contributed by atoms with Crippen molar-refractivity contribution in [2.75, 3.05) is 53.9 Å². The van der Waals surface area contributed by atoms with Crippen molar-refractivity contribution in [3.05, 3.63) is 107 Å². The third-order valence-electron chi connectivity index (χ3n) is 7.69. The standard InChI is InChI=1S/C33H35F6N5O2/c1-41(2)31(40-29(45)25-12-8-5-9-13-25)44-18-16-43(17-19-44)28(24-10-6-4-7-11-24)30(46)42(3)15-14-23-20-26(32(34,35)36)22-27(21-23)33(37,38)39/h4-13,20-22,28H,14-19H2,1-3H3. The Morgan fingerprint density at radius 1 is 0.783 bits per heavy atom. The van der Waals surface area contributed by atoms with Gasteiger partial charge < -0.3 is 14.7 Å². The van der Waals surface area contributed by atoms with E-state index in [-0.39, 0.29) is 36.4 Å². The summed E-state index contributed by atoms with van der Waals surface area (Å²) >= 11 is 0. The molecule has 1 unspecified atom stereocenters. The fraction of sp³-hybridized carbons (Fsp3) is 0.364. The van der Waals surface area contributed by atoms with E-state index in [4.69, 9.17) is 0 Å². The van der Waals surface area contributed by atoms with Crippen LogP contribution in [-0.2, 0) is 23.6 Å². The number of aliphatic imine (C=N–C) groups is 1. The van der Waals surface area contributed by atoms with Crippen LogP contribution < -0.4 is 0 Å². The van der Waals surface area contributed by atoms with Crippen molar-refractivity contribution in [2.45, 2.75) is 24.8 Å². The zero-order chi connectivity index (χ0) is 33.6. The Morgan fingerprint density at radius 2 is 1.30 bits per heavy atom. The first-order valence-electron chi connectivity index (χ1n) is 14.6. The van der Waals surface area contributed by atoms with Gasteiger partial charge in [0, 0.05) is 59.4 Å². The van der Waals surface area contributed by atoms with Crippen LogP contribution in [0.2, 0.25) is 0 Å². The number of guanidine groups is 1. The zero-order valence-corrected chi connectivity index (χ0v) is 25.6. The molecule has 0 aliphatic carbocycles. The first-order valence-corrected chi connectivity index (χ1v) is 14.6. The van der Waals surface area contributed by atoms with Gasteiger partial charge in [-0.15, -0.1) is 0 Å². The molecule has 3 aromatic carbocycles. The number of halogens is 6. The van der Waals surface area contributed by atoms with Crippen molar-refractivity contribution in [1.29, 1.82) is 0 Å². The quantitative estimate of drug-likeness (QED) is 0.183. The number of carbonyl (C=O) groups is 2. The number of benzene rings is 3. The Morgan fingerprint density at radius 3 is 1.80 bits per heavy atom. The van der Waals surface area contributed by atoms with E-state index in [0.717, 1.165) is 0 Å². The summed E-state index contributed by atoms with van der Waals surface area (Å²) in [4.78, 5) is 38.1. The average Bonchev–Trinajstić information content (AvgIpc) is 3.02. The largest absolute Gasteiger partial charge is 0.416 e. The van der Waals surface area contributed by atoms with Crippen LogP contribution in [0.1, 0.15) is 38.7 Å². The highest BCUT2D eigenvalue weighted by molar-refractivity contribution is 6.02. The van der Waals surface area contributed by atoms with Crippen LogP contribution in [0.4, 0.5) is 26.3 Å². The molecule has 0 radical (unpaired) electrons. The molecule has 0 N–H and O–H groups in total. The number of hydrogen-bond acceptors (Lipinski definition) is 3. The molecule has 46 heavy (non-hydrogen) atoms. The van der Waals surface area contributed by atoms with Crippen LogP contribution in [0.5, 0.6) is 0 Å². The van der Waals surface area contributed by atoms with Crippen molar-refractivity contribution in [3.8, 4) is 0 Å². The molecule has 7 nitrogen and oxygen atoms in total. The molecule has 4 rings (SSSR count). The molecule has 1 saturated heterocycles. The van der Waals surface area contributed by atoms with Gasteiger partial charge in [0.1, 0.15) is 6.04 Å². The van der Waals surface area contributed by atoms with Crippen LogP contribution >= 0.6 is 0 Å². The van der Waals surface area contributed by atoms with E-state index >= 15 is 0 Å². The molecule has 0 spiro atoms. The van der Waals surface area contributed by atoms with Crippen molar-refractivity contribution in [1.82, 2.24) is 19.6 Å². The van der Waals surface area contributed by atoms with Crippen LogP contribution in [0, 0.1) is 0 Å². The van der Waals surface area contributed by atoms with E-state index in [9.17, 15) is 35.9 Å². The van der Waals surface area contributed by atoms with Crippen molar-refractivity contribution >= 4 is 17.8 Å². The fourth-order valence-corrected chi connectivity index (χ4v) is 5.29. The highest BCUT2D eigenvalue weighted by Gasteiger charge is 2.37. The Labute approximate surface area is 263 Å². The topological polar surface area (TPSA) is 59.5 Å². The van der Waals surface area contributed by atoms with Gasteiger partial charge in [-0.05, 0) is 47.9 Å². The van der Waals surface area contributed by atoms with Gasteiger partial charge >= 0.3 is 12.4 Å². The minimum absolute atomic E-state index is 0.0907. The van der Waals surface area contributed by atoms with Crippen LogP contribution in [0.3, 0.4) is 0 Å². The molecule has 13 heteroatoms. The molecular weight excluding hydrogens is 612 g/mol. The summed E-state index contributed by atoms with van der Waals surface area (Å²) in [6, 6.07) is 18.4. The van der Waals surface area contributed by atoms with E-state index in [0.29, 0.717) is 55.4 Å². The molecule has 0 bridgehead atoms. The van der Waals surface area contributed by atoms with Crippen LogP contribution in [0.15, 0.2) is 83.9 Å². The zero-order valence-electron chi connectivity index (χ0n) is 25.6. The Bertz CT molecular complexity index is 1490. The first kappa shape index (κ1) is 34.5. The molecule has 1 heterocycles. The minimum atomic E-state index is -4.95. The van der Waals surface area contributed by atoms with Gasteiger partial charge in [0.05, 0.1) is 11.1 Å². The Kier molecular flexibility index (Phi) is 10.8. The number of likely N-dealkylation sites (N-methyl/N-ethyl adjacent to an activating group) is 1. The second kappa shape index (κ2) is 14.4. The summed E-state index contributed by atoms with van der Waals surface area (Å²) in [6.45, 7) is 1.65. The van der Waals surface area contributed by atoms with Gasteiger partial charge in [-0.2, -0.15) is 31.3 Å². The summed E-state index contributed by atoms with van der Waals surface area (Å²) in [5.41, 5.74) is -1.80. The third kappa shape index (κ3) is 8.65. The summed E-state index contributed by atoms with van der Waals surface area (Å²) in [6.07, 6.45) is -10.1. The lowest BCUT2D eigenvalue weighted by molar-refractivity contribution is -0.143. The number of nitrogens with zero attached hydrogens (tertiary/aromatic N) is 5. The molecule has 1 atom stereocenters. The van der Waals surface area contributed by atoms with E-state index in [2.05, 4.69) is 4.99 Å². The first-order chi connectivity index (χ1) is 21.6. The molecule has 1 fully saturated rings. The summed E-state index contributed by atoms with van der Waals surface area (Å²) in [5, 5.41) is 0.